The molecule has 3 nitrogen and oxygen atoms in total. The summed E-state index contributed by atoms with van der Waals surface area (Å²) in [6, 6.07) is 8.29. The van der Waals surface area contributed by atoms with Crippen LogP contribution in [0.2, 0.25) is 0 Å². The zero-order chi connectivity index (χ0) is 14.2. The first-order chi connectivity index (χ1) is 9.78. The monoisotopic (exact) mass is 274 g/mol. The normalized spacial score (nSPS) is 18.1. The molecule has 1 heterocycles. The number of carbonyl (C=O) groups excluding carboxylic acids is 1. The number of aryl methyl sites for hydroxylation is 1. The zero-order valence-electron chi connectivity index (χ0n) is 12.5. The zero-order valence-corrected chi connectivity index (χ0v) is 12.5. The molecule has 1 amide bonds. The van der Waals surface area contributed by atoms with Crippen LogP contribution in [-0.2, 0) is 11.2 Å². The van der Waals surface area contributed by atoms with Gasteiger partial charge in [-0.3, -0.25) is 4.79 Å². The molecule has 0 spiro atoms. The van der Waals surface area contributed by atoms with Crippen LogP contribution in [0.4, 0.5) is 5.69 Å². The van der Waals surface area contributed by atoms with Crippen LogP contribution in [0.1, 0.15) is 44.6 Å². The van der Waals surface area contributed by atoms with Gasteiger partial charge in [-0.25, -0.2) is 0 Å². The molecule has 1 atom stereocenters. The van der Waals surface area contributed by atoms with Crippen LogP contribution in [0.3, 0.4) is 0 Å². The smallest absolute Gasteiger partial charge is 0.224 e. The quantitative estimate of drug-likeness (QED) is 0.749. The van der Waals surface area contributed by atoms with Crippen molar-refractivity contribution in [3.63, 3.8) is 0 Å². The first kappa shape index (κ1) is 15.0. The van der Waals surface area contributed by atoms with Gasteiger partial charge in [0.25, 0.3) is 0 Å². The Balaban J connectivity index is 1.76. The Morgan fingerprint density at radius 3 is 2.75 bits per heavy atom. The number of amides is 1. The molecule has 1 aliphatic rings. The molecule has 0 saturated carbocycles. The Bertz CT molecular complexity index is 408. The van der Waals surface area contributed by atoms with Crippen LogP contribution in [0, 0.1) is 5.92 Å². The first-order valence-corrected chi connectivity index (χ1v) is 7.87. The van der Waals surface area contributed by atoms with Crippen LogP contribution in [0.5, 0.6) is 0 Å². The second kappa shape index (κ2) is 8.05. The Labute approximate surface area is 122 Å². The van der Waals surface area contributed by atoms with Crippen molar-refractivity contribution >= 4 is 11.6 Å². The lowest BCUT2D eigenvalue weighted by Crippen LogP contribution is -2.18. The topological polar surface area (TPSA) is 41.1 Å². The van der Waals surface area contributed by atoms with Gasteiger partial charge in [-0.1, -0.05) is 31.9 Å². The number of unbranched alkanes of at least 4 members (excludes halogenated alkanes) is 2. The van der Waals surface area contributed by atoms with E-state index in [0.717, 1.165) is 31.6 Å². The molecule has 2 N–H and O–H groups in total. The maximum Gasteiger partial charge on any atom is 0.224 e. The highest BCUT2D eigenvalue weighted by atomic mass is 16.1. The van der Waals surface area contributed by atoms with Crippen LogP contribution in [0.15, 0.2) is 24.3 Å². The largest absolute Gasteiger partial charge is 0.326 e. The van der Waals surface area contributed by atoms with Gasteiger partial charge < -0.3 is 10.6 Å². The molecule has 1 aliphatic heterocycles. The highest BCUT2D eigenvalue weighted by molar-refractivity contribution is 5.90. The number of nitrogens with one attached hydrogen (secondary N) is 2. The minimum Gasteiger partial charge on any atom is -0.326 e. The van der Waals surface area contributed by atoms with Gasteiger partial charge in [0.2, 0.25) is 5.91 Å². The molecule has 0 aromatic heterocycles. The lowest BCUT2D eigenvalue weighted by molar-refractivity contribution is -0.116. The van der Waals surface area contributed by atoms with E-state index in [1.165, 1.54) is 24.8 Å². The van der Waals surface area contributed by atoms with Crippen molar-refractivity contribution in [1.82, 2.24) is 5.32 Å². The molecule has 2 rings (SSSR count). The molecular formula is C17H26N2O. The molecule has 1 aromatic rings. The average Bonchev–Trinajstić information content (AvgIpc) is 2.94. The summed E-state index contributed by atoms with van der Waals surface area (Å²) >= 11 is 0. The van der Waals surface area contributed by atoms with Gasteiger partial charge in [-0.15, -0.1) is 0 Å². The van der Waals surface area contributed by atoms with Crippen LogP contribution < -0.4 is 10.6 Å². The van der Waals surface area contributed by atoms with E-state index in [1.54, 1.807) is 0 Å². The van der Waals surface area contributed by atoms with Gasteiger partial charge in [0, 0.05) is 12.1 Å². The number of rotatable bonds is 7. The third kappa shape index (κ3) is 4.97. The fourth-order valence-corrected chi connectivity index (χ4v) is 2.70. The minimum absolute atomic E-state index is 0.137. The third-order valence-electron chi connectivity index (χ3n) is 3.94. The summed E-state index contributed by atoms with van der Waals surface area (Å²) in [6.45, 7) is 4.24. The molecule has 0 aliphatic carbocycles. The molecular weight excluding hydrogens is 248 g/mol. The van der Waals surface area contributed by atoms with Crippen molar-refractivity contribution in [3.8, 4) is 0 Å². The van der Waals surface area contributed by atoms with E-state index in [4.69, 9.17) is 0 Å². The summed E-state index contributed by atoms with van der Waals surface area (Å²) in [4.78, 5) is 11.9. The predicted octanol–water partition coefficient (Wildman–Crippen LogP) is 3.36. The Kier molecular flexibility index (Phi) is 6.06. The second-order valence-corrected chi connectivity index (χ2v) is 5.77. The molecule has 20 heavy (non-hydrogen) atoms. The van der Waals surface area contributed by atoms with Crippen molar-refractivity contribution in [2.75, 3.05) is 18.4 Å². The summed E-state index contributed by atoms with van der Waals surface area (Å²) in [5.41, 5.74) is 2.27. The van der Waals surface area contributed by atoms with Crippen LogP contribution >= 0.6 is 0 Å². The predicted molar refractivity (Wildman–Crippen MR) is 83.9 cm³/mol. The maximum atomic E-state index is 11.9. The fraction of sp³-hybridized carbons (Fsp3) is 0.588. The van der Waals surface area contributed by atoms with E-state index in [2.05, 4.69) is 29.7 Å². The summed E-state index contributed by atoms with van der Waals surface area (Å²) in [5.74, 6) is 0.640. The van der Waals surface area contributed by atoms with Crippen molar-refractivity contribution in [3.05, 3.63) is 29.8 Å². The molecule has 1 fully saturated rings. The molecule has 0 bridgehead atoms. The average molecular weight is 274 g/mol. The van der Waals surface area contributed by atoms with Crippen LogP contribution in [0.25, 0.3) is 0 Å². The second-order valence-electron chi connectivity index (χ2n) is 5.77. The molecule has 0 radical (unpaired) electrons. The van der Waals surface area contributed by atoms with E-state index in [-0.39, 0.29) is 5.91 Å². The molecule has 1 unspecified atom stereocenters. The summed E-state index contributed by atoms with van der Waals surface area (Å²) < 4.78 is 0. The van der Waals surface area contributed by atoms with E-state index in [0.29, 0.717) is 12.3 Å². The SMILES string of the molecule is CCCCCc1ccc(NC(=O)CC2CCNC2)cc1. The highest BCUT2D eigenvalue weighted by Crippen LogP contribution is 2.16. The van der Waals surface area contributed by atoms with Gasteiger partial charge in [0.05, 0.1) is 0 Å². The summed E-state index contributed by atoms with van der Waals surface area (Å²) in [6.07, 6.45) is 6.67. The van der Waals surface area contributed by atoms with Gasteiger partial charge in [-0.2, -0.15) is 0 Å². The van der Waals surface area contributed by atoms with E-state index >= 15 is 0 Å². The Morgan fingerprint density at radius 1 is 1.30 bits per heavy atom. The molecule has 110 valence electrons. The number of benzene rings is 1. The molecule has 3 heteroatoms. The van der Waals surface area contributed by atoms with Crippen molar-refractivity contribution in [1.29, 1.82) is 0 Å². The first-order valence-electron chi connectivity index (χ1n) is 7.87. The van der Waals surface area contributed by atoms with Gasteiger partial charge in [0.15, 0.2) is 0 Å². The van der Waals surface area contributed by atoms with Gasteiger partial charge in [-0.05, 0) is 56.0 Å². The lowest BCUT2D eigenvalue weighted by Gasteiger charge is -2.09. The number of hydrogen-bond donors (Lipinski definition) is 2. The number of hydrogen-bond acceptors (Lipinski definition) is 2. The van der Waals surface area contributed by atoms with Gasteiger partial charge in [0.1, 0.15) is 0 Å². The van der Waals surface area contributed by atoms with E-state index < -0.39 is 0 Å². The van der Waals surface area contributed by atoms with E-state index in [1.807, 2.05) is 12.1 Å². The Morgan fingerprint density at radius 2 is 2.10 bits per heavy atom. The third-order valence-corrected chi connectivity index (χ3v) is 3.94. The molecule has 1 saturated heterocycles. The van der Waals surface area contributed by atoms with E-state index in [9.17, 15) is 4.79 Å². The standard InChI is InChI=1S/C17H26N2O/c1-2-3-4-5-14-6-8-16(9-7-14)19-17(20)12-15-10-11-18-13-15/h6-9,15,18H,2-5,10-13H2,1H3,(H,19,20). The Hall–Kier alpha value is -1.35. The molecule has 1 aromatic carbocycles. The fourth-order valence-electron chi connectivity index (χ4n) is 2.70. The van der Waals surface area contributed by atoms with Crippen molar-refractivity contribution in [2.45, 2.75) is 45.4 Å². The van der Waals surface area contributed by atoms with Gasteiger partial charge >= 0.3 is 0 Å². The maximum absolute atomic E-state index is 11.9. The lowest BCUT2D eigenvalue weighted by atomic mass is 10.0. The van der Waals surface area contributed by atoms with Crippen molar-refractivity contribution < 1.29 is 4.79 Å². The summed E-state index contributed by atoms with van der Waals surface area (Å²) in [5, 5.41) is 6.29. The van der Waals surface area contributed by atoms with Crippen molar-refractivity contribution in [2.24, 2.45) is 5.92 Å². The summed E-state index contributed by atoms with van der Waals surface area (Å²) in [7, 11) is 0. The number of anilines is 1. The highest BCUT2D eigenvalue weighted by Gasteiger charge is 2.17. The number of carbonyl (C=O) groups is 1. The minimum atomic E-state index is 0.137. The van der Waals surface area contributed by atoms with Crippen LogP contribution in [-0.4, -0.2) is 19.0 Å².